The lowest BCUT2D eigenvalue weighted by Crippen LogP contribution is -2.40. The monoisotopic (exact) mass is 512 g/mol. The molecule has 192 valence electrons. The van der Waals surface area contributed by atoms with Crippen LogP contribution in [0, 0.1) is 23.2 Å². The van der Waals surface area contributed by atoms with Gasteiger partial charge in [-0.3, -0.25) is 14.2 Å². The van der Waals surface area contributed by atoms with Crippen molar-refractivity contribution in [2.45, 2.75) is 25.9 Å². The molecule has 1 N–H and O–H groups in total. The molecule has 13 heteroatoms. The number of rotatable bonds is 6. The molecule has 2 unspecified atom stereocenters. The molecule has 1 amide bonds. The van der Waals surface area contributed by atoms with Crippen molar-refractivity contribution >= 4 is 28.8 Å². The first-order valence-corrected chi connectivity index (χ1v) is 12.2. The standard InChI is InChI=1S/C25H24N10O3/c1-14(35-13-29-21-20(35)23(37)34(7-6-26)25(38)32(21)2)22(36)31-19-5-3-4-18(30-19)17-9-27-24(28-10-17)33-11-15-8-16(15)12-33/h3-5,9-10,13-16H,7-8,11-12H2,1-2H3,(H,30,31,36)/t14-,15?,16?/m0/s1. The van der Waals surface area contributed by atoms with E-state index in [0.717, 1.165) is 41.0 Å². The summed E-state index contributed by atoms with van der Waals surface area (Å²) in [6.45, 7) is 3.22. The molecular formula is C25H24N10O3. The number of nitriles is 1. The Morgan fingerprint density at radius 3 is 2.63 bits per heavy atom. The van der Waals surface area contributed by atoms with Crippen molar-refractivity contribution in [2.75, 3.05) is 23.3 Å². The SMILES string of the molecule is C[C@@H](C(=O)Nc1cccc(-c2cnc(N3CC4CC4C3)nc2)n1)n1cnc2c1c(=O)n(CC#N)c(=O)n2C. The Bertz CT molecular complexity index is 1720. The van der Waals surface area contributed by atoms with Crippen molar-refractivity contribution in [1.82, 2.24) is 33.6 Å². The Morgan fingerprint density at radius 2 is 1.92 bits per heavy atom. The molecule has 6 rings (SSSR count). The van der Waals surface area contributed by atoms with Crippen LogP contribution in [0.4, 0.5) is 11.8 Å². The number of aromatic nitrogens is 7. The van der Waals surface area contributed by atoms with Gasteiger partial charge < -0.3 is 14.8 Å². The summed E-state index contributed by atoms with van der Waals surface area (Å²) in [7, 11) is 1.46. The molecule has 4 aromatic rings. The van der Waals surface area contributed by atoms with Crippen LogP contribution in [0.3, 0.4) is 0 Å². The Hall–Kier alpha value is -4.86. The Balaban J connectivity index is 1.23. The normalized spacial score (nSPS) is 18.7. The van der Waals surface area contributed by atoms with Gasteiger partial charge in [-0.2, -0.15) is 5.26 Å². The number of piperidine rings is 1. The first kappa shape index (κ1) is 23.5. The molecule has 1 aliphatic heterocycles. The average molecular weight is 513 g/mol. The number of anilines is 2. The number of fused-ring (bicyclic) bond motifs is 2. The molecule has 13 nitrogen and oxygen atoms in total. The lowest BCUT2D eigenvalue weighted by Gasteiger charge is -2.17. The number of carbonyl (C=O) groups excluding carboxylic acids is 1. The molecule has 0 radical (unpaired) electrons. The number of hydrogen-bond acceptors (Lipinski definition) is 9. The number of nitrogens with zero attached hydrogens (tertiary/aromatic N) is 9. The van der Waals surface area contributed by atoms with E-state index in [4.69, 9.17) is 5.26 Å². The maximum Gasteiger partial charge on any atom is 0.333 e. The molecule has 1 aliphatic carbocycles. The minimum atomic E-state index is -0.861. The minimum Gasteiger partial charge on any atom is -0.340 e. The van der Waals surface area contributed by atoms with E-state index in [2.05, 4.69) is 30.2 Å². The molecule has 0 aromatic carbocycles. The van der Waals surface area contributed by atoms with Gasteiger partial charge in [0.1, 0.15) is 18.4 Å². The Morgan fingerprint density at radius 1 is 1.18 bits per heavy atom. The molecule has 38 heavy (non-hydrogen) atoms. The Labute approximate surface area is 216 Å². The first-order chi connectivity index (χ1) is 18.4. The smallest absolute Gasteiger partial charge is 0.333 e. The maximum atomic E-state index is 13.1. The fraction of sp³-hybridized carbons (Fsp3) is 0.360. The second-order valence-electron chi connectivity index (χ2n) is 9.72. The molecule has 4 aromatic heterocycles. The zero-order chi connectivity index (χ0) is 26.6. The van der Waals surface area contributed by atoms with Crippen LogP contribution in [0.5, 0.6) is 0 Å². The van der Waals surface area contributed by atoms with Gasteiger partial charge in [0.05, 0.1) is 18.1 Å². The molecule has 0 spiro atoms. The van der Waals surface area contributed by atoms with Gasteiger partial charge in [0.15, 0.2) is 11.2 Å². The third kappa shape index (κ3) is 3.90. The highest BCUT2D eigenvalue weighted by atomic mass is 16.2. The summed E-state index contributed by atoms with van der Waals surface area (Å²) in [6.07, 6.45) is 6.11. The predicted octanol–water partition coefficient (Wildman–Crippen LogP) is 0.928. The van der Waals surface area contributed by atoms with E-state index in [-0.39, 0.29) is 11.2 Å². The average Bonchev–Trinajstić information content (AvgIpc) is 3.32. The van der Waals surface area contributed by atoms with E-state index in [1.54, 1.807) is 31.5 Å². The zero-order valence-electron chi connectivity index (χ0n) is 20.8. The van der Waals surface area contributed by atoms with Gasteiger partial charge in [-0.1, -0.05) is 6.07 Å². The number of imidazole rings is 1. The van der Waals surface area contributed by atoms with Gasteiger partial charge >= 0.3 is 5.69 Å². The lowest BCUT2D eigenvalue weighted by molar-refractivity contribution is -0.118. The molecule has 1 saturated carbocycles. The van der Waals surface area contributed by atoms with E-state index >= 15 is 0 Å². The number of aryl methyl sites for hydroxylation is 1. The predicted molar refractivity (Wildman–Crippen MR) is 137 cm³/mol. The van der Waals surface area contributed by atoms with E-state index < -0.39 is 29.7 Å². The number of hydrogen-bond donors (Lipinski definition) is 1. The summed E-state index contributed by atoms with van der Waals surface area (Å²) in [5.74, 6) is 2.18. The topological polar surface area (TPSA) is 157 Å². The highest BCUT2D eigenvalue weighted by molar-refractivity contribution is 5.93. The number of amides is 1. The summed E-state index contributed by atoms with van der Waals surface area (Å²) < 4.78 is 3.38. The summed E-state index contributed by atoms with van der Waals surface area (Å²) in [5, 5.41) is 11.8. The molecule has 3 atom stereocenters. The van der Waals surface area contributed by atoms with Crippen LogP contribution >= 0.6 is 0 Å². The van der Waals surface area contributed by atoms with E-state index in [0.29, 0.717) is 11.5 Å². The van der Waals surface area contributed by atoms with Crippen LogP contribution in [0.15, 0.2) is 46.5 Å². The minimum absolute atomic E-state index is 0.0549. The fourth-order valence-electron chi connectivity index (χ4n) is 4.99. The number of pyridine rings is 1. The zero-order valence-corrected chi connectivity index (χ0v) is 20.8. The van der Waals surface area contributed by atoms with Gasteiger partial charge in [-0.05, 0) is 37.3 Å². The molecule has 5 heterocycles. The van der Waals surface area contributed by atoms with E-state index in [9.17, 15) is 14.4 Å². The van der Waals surface area contributed by atoms with Gasteiger partial charge in [0.25, 0.3) is 5.56 Å². The van der Waals surface area contributed by atoms with Crippen molar-refractivity contribution in [3.63, 3.8) is 0 Å². The van der Waals surface area contributed by atoms with Crippen molar-refractivity contribution in [3.05, 3.63) is 57.8 Å². The van der Waals surface area contributed by atoms with Crippen LogP contribution < -0.4 is 21.5 Å². The van der Waals surface area contributed by atoms with Crippen LogP contribution in [-0.2, 0) is 18.4 Å². The van der Waals surface area contributed by atoms with Gasteiger partial charge in [-0.15, -0.1) is 0 Å². The number of carbonyl (C=O) groups is 1. The van der Waals surface area contributed by atoms with Gasteiger partial charge in [0.2, 0.25) is 11.9 Å². The summed E-state index contributed by atoms with van der Waals surface area (Å²) in [4.78, 5) is 58.5. The fourth-order valence-corrected chi connectivity index (χ4v) is 4.99. The number of nitrogens with one attached hydrogen (secondary N) is 1. The van der Waals surface area contributed by atoms with Gasteiger partial charge in [-0.25, -0.2) is 29.3 Å². The van der Waals surface area contributed by atoms with Crippen molar-refractivity contribution in [3.8, 4) is 17.3 Å². The highest BCUT2D eigenvalue weighted by Crippen LogP contribution is 2.45. The third-order valence-electron chi connectivity index (χ3n) is 7.28. The molecule has 2 fully saturated rings. The van der Waals surface area contributed by atoms with Crippen molar-refractivity contribution < 1.29 is 4.79 Å². The van der Waals surface area contributed by atoms with Crippen LogP contribution in [-0.4, -0.2) is 52.6 Å². The van der Waals surface area contributed by atoms with Crippen molar-refractivity contribution in [1.29, 1.82) is 5.26 Å². The maximum absolute atomic E-state index is 13.1. The quantitative estimate of drug-likeness (QED) is 0.397. The Kier molecular flexibility index (Phi) is 5.52. The molecule has 0 bridgehead atoms. The summed E-state index contributed by atoms with van der Waals surface area (Å²) >= 11 is 0. The summed E-state index contributed by atoms with van der Waals surface area (Å²) in [5.41, 5.74) is 0.177. The highest BCUT2D eigenvalue weighted by Gasteiger charge is 2.45. The molecule has 1 saturated heterocycles. The van der Waals surface area contributed by atoms with E-state index in [1.807, 2.05) is 12.1 Å². The van der Waals surface area contributed by atoms with Gasteiger partial charge in [0, 0.05) is 38.1 Å². The second-order valence-corrected chi connectivity index (χ2v) is 9.72. The molecule has 2 aliphatic rings. The van der Waals surface area contributed by atoms with E-state index in [1.165, 1.54) is 28.9 Å². The summed E-state index contributed by atoms with van der Waals surface area (Å²) in [6, 6.07) is 6.20. The second kappa shape index (κ2) is 8.91. The lowest BCUT2D eigenvalue weighted by atomic mass is 10.2. The third-order valence-corrected chi connectivity index (χ3v) is 7.28. The van der Waals surface area contributed by atoms with Crippen molar-refractivity contribution in [2.24, 2.45) is 18.9 Å². The largest absolute Gasteiger partial charge is 0.340 e. The van der Waals surface area contributed by atoms with Crippen LogP contribution in [0.1, 0.15) is 19.4 Å². The van der Waals surface area contributed by atoms with Crippen LogP contribution in [0.25, 0.3) is 22.4 Å². The first-order valence-electron chi connectivity index (χ1n) is 12.2. The molecular weight excluding hydrogens is 488 g/mol. The van der Waals surface area contributed by atoms with Crippen LogP contribution in [0.2, 0.25) is 0 Å².